The highest BCUT2D eigenvalue weighted by molar-refractivity contribution is 7.77. The number of hydrogen-bond donors (Lipinski definition) is 4. The van der Waals surface area contributed by atoms with E-state index in [4.69, 9.17) is 9.47 Å². The molecule has 26 heavy (non-hydrogen) atoms. The van der Waals surface area contributed by atoms with E-state index >= 15 is 0 Å². The quantitative estimate of drug-likeness (QED) is 0.301. The molecule has 0 radical (unpaired) electrons. The van der Waals surface area contributed by atoms with Crippen molar-refractivity contribution >= 4 is 18.7 Å². The number of nitrogens with one attached hydrogen (secondary N) is 2. The van der Waals surface area contributed by atoms with Crippen molar-refractivity contribution in [3.8, 4) is 0 Å². The highest BCUT2D eigenvalue weighted by Gasteiger charge is 2.19. The number of carbonyl (C=O) groups is 1. The first-order chi connectivity index (χ1) is 12.1. The van der Waals surface area contributed by atoms with Crippen molar-refractivity contribution < 1.29 is 14.3 Å². The largest absolute Gasteiger partial charge is 0.380 e. The standard InChI is InChI=1S/C12H25NO2.C7H17NO.H3NS/c1-6-9-15-12(4,5)8-7-11(14)13-10(2)3;1-4-9-6-5-8-7(2)3;1-2/h10H,6-9H2,1-5H3,(H,13,14);7-8H,4-6H2,1-3H3;2H,1H2. The third-order valence-electron chi connectivity index (χ3n) is 3.10. The minimum atomic E-state index is -0.190. The van der Waals surface area contributed by atoms with Gasteiger partial charge in [0, 0.05) is 38.3 Å². The third-order valence-corrected chi connectivity index (χ3v) is 3.10. The molecule has 0 aromatic carbocycles. The van der Waals surface area contributed by atoms with Crippen LogP contribution in [0.3, 0.4) is 0 Å². The SMILES string of the molecule is CCCOC(C)(C)CCC(=O)NC(C)C.CCOCCNC(C)C.NS. The van der Waals surface area contributed by atoms with Crippen molar-refractivity contribution in [2.45, 2.75) is 92.3 Å². The molecule has 0 rings (SSSR count). The summed E-state index contributed by atoms with van der Waals surface area (Å²) < 4.78 is 10.8. The molecule has 0 spiro atoms. The summed E-state index contributed by atoms with van der Waals surface area (Å²) in [5.41, 5.74) is -0.190. The zero-order valence-corrected chi connectivity index (χ0v) is 19.2. The van der Waals surface area contributed by atoms with E-state index in [0.29, 0.717) is 12.5 Å². The van der Waals surface area contributed by atoms with Crippen LogP contribution in [0, 0.1) is 0 Å². The minimum Gasteiger partial charge on any atom is -0.380 e. The number of ether oxygens (including phenoxy) is 2. The van der Waals surface area contributed by atoms with Gasteiger partial charge in [0.25, 0.3) is 0 Å². The Kier molecular flexibility index (Phi) is 24.5. The van der Waals surface area contributed by atoms with E-state index in [9.17, 15) is 4.79 Å². The predicted octanol–water partition coefficient (Wildman–Crippen LogP) is 3.31. The first-order valence-corrected chi connectivity index (χ1v) is 10.2. The Labute approximate surface area is 167 Å². The Hall–Kier alpha value is -0.340. The van der Waals surface area contributed by atoms with Crippen molar-refractivity contribution in [2.75, 3.05) is 26.4 Å². The lowest BCUT2D eigenvalue weighted by molar-refractivity contribution is -0.123. The Morgan fingerprint density at radius 3 is 2.08 bits per heavy atom. The van der Waals surface area contributed by atoms with Crippen LogP contribution in [0.1, 0.15) is 74.7 Å². The van der Waals surface area contributed by atoms with Gasteiger partial charge in [-0.1, -0.05) is 20.8 Å². The average Bonchev–Trinajstić information content (AvgIpc) is 2.57. The maximum Gasteiger partial charge on any atom is 0.220 e. The zero-order chi connectivity index (χ0) is 21.0. The van der Waals surface area contributed by atoms with E-state index in [2.05, 4.69) is 49.4 Å². The Balaban J connectivity index is -0.000000411. The lowest BCUT2D eigenvalue weighted by Crippen LogP contribution is -2.33. The van der Waals surface area contributed by atoms with E-state index in [-0.39, 0.29) is 17.6 Å². The summed E-state index contributed by atoms with van der Waals surface area (Å²) in [5.74, 6) is 0.109. The van der Waals surface area contributed by atoms with Gasteiger partial charge in [0.1, 0.15) is 0 Å². The molecule has 0 fully saturated rings. The second kappa shape index (κ2) is 21.0. The van der Waals surface area contributed by atoms with Gasteiger partial charge in [0.05, 0.1) is 12.2 Å². The minimum absolute atomic E-state index is 0.109. The maximum absolute atomic E-state index is 11.4. The summed E-state index contributed by atoms with van der Waals surface area (Å²) in [6.45, 7) is 19.7. The van der Waals surface area contributed by atoms with E-state index in [0.717, 1.165) is 39.2 Å². The van der Waals surface area contributed by atoms with Crippen LogP contribution in [0.25, 0.3) is 0 Å². The van der Waals surface area contributed by atoms with Gasteiger partial charge in [0.2, 0.25) is 5.91 Å². The topological polar surface area (TPSA) is 85.6 Å². The summed E-state index contributed by atoms with van der Waals surface area (Å²) in [7, 11) is 0. The Morgan fingerprint density at radius 2 is 1.65 bits per heavy atom. The van der Waals surface area contributed by atoms with Crippen molar-refractivity contribution in [1.29, 1.82) is 0 Å². The van der Waals surface area contributed by atoms with E-state index in [1.54, 1.807) is 0 Å². The highest BCUT2D eigenvalue weighted by atomic mass is 32.1. The molecule has 0 saturated carbocycles. The first kappa shape index (κ1) is 30.4. The zero-order valence-electron chi connectivity index (χ0n) is 18.4. The van der Waals surface area contributed by atoms with Gasteiger partial charge in [-0.05, 0) is 47.5 Å². The second-order valence-electron chi connectivity index (χ2n) is 7.14. The van der Waals surface area contributed by atoms with Crippen LogP contribution in [-0.2, 0) is 14.3 Å². The number of carbonyl (C=O) groups excluding carboxylic acids is 1. The number of rotatable bonds is 12. The molecule has 0 bridgehead atoms. The number of hydrogen-bond acceptors (Lipinski definition) is 6. The lowest BCUT2D eigenvalue weighted by Gasteiger charge is -2.25. The second-order valence-corrected chi connectivity index (χ2v) is 7.14. The van der Waals surface area contributed by atoms with Gasteiger partial charge < -0.3 is 20.1 Å². The Bertz CT molecular complexity index is 302. The Morgan fingerprint density at radius 1 is 1.08 bits per heavy atom. The van der Waals surface area contributed by atoms with Gasteiger partial charge in [-0.2, -0.15) is 0 Å². The third kappa shape index (κ3) is 28.5. The molecular weight excluding hydrogens is 350 g/mol. The fourth-order valence-electron chi connectivity index (χ4n) is 1.82. The van der Waals surface area contributed by atoms with Gasteiger partial charge >= 0.3 is 0 Å². The summed E-state index contributed by atoms with van der Waals surface area (Å²) in [4.78, 5) is 11.4. The first-order valence-electron chi connectivity index (χ1n) is 9.64. The fraction of sp³-hybridized carbons (Fsp3) is 0.947. The number of thiol groups is 1. The van der Waals surface area contributed by atoms with Crippen LogP contribution >= 0.6 is 12.8 Å². The monoisotopic (exact) mass is 395 g/mol. The van der Waals surface area contributed by atoms with Crippen molar-refractivity contribution in [3.05, 3.63) is 0 Å². The maximum atomic E-state index is 11.4. The predicted molar refractivity (Wildman–Crippen MR) is 116 cm³/mol. The van der Waals surface area contributed by atoms with Crippen molar-refractivity contribution in [2.24, 2.45) is 5.14 Å². The van der Waals surface area contributed by atoms with E-state index < -0.39 is 0 Å². The van der Waals surface area contributed by atoms with Crippen LogP contribution in [0.5, 0.6) is 0 Å². The van der Waals surface area contributed by atoms with Crippen LogP contribution in [0.4, 0.5) is 0 Å². The molecule has 160 valence electrons. The molecule has 0 saturated heterocycles. The average molecular weight is 396 g/mol. The van der Waals surface area contributed by atoms with Crippen molar-refractivity contribution in [3.63, 3.8) is 0 Å². The summed E-state index contributed by atoms with van der Waals surface area (Å²) in [5, 5.41) is 10.3. The lowest BCUT2D eigenvalue weighted by atomic mass is 10.0. The van der Waals surface area contributed by atoms with Crippen LogP contribution in [0.15, 0.2) is 0 Å². The van der Waals surface area contributed by atoms with E-state index in [1.165, 1.54) is 0 Å². The molecule has 0 atom stereocenters. The van der Waals surface area contributed by atoms with Crippen LogP contribution in [0.2, 0.25) is 0 Å². The number of amides is 1. The van der Waals surface area contributed by atoms with Crippen LogP contribution in [-0.4, -0.2) is 50.0 Å². The van der Waals surface area contributed by atoms with Gasteiger partial charge in [0.15, 0.2) is 0 Å². The molecule has 6 nitrogen and oxygen atoms in total. The summed E-state index contributed by atoms with van der Waals surface area (Å²) in [6.07, 6.45) is 2.32. The van der Waals surface area contributed by atoms with Crippen LogP contribution < -0.4 is 15.8 Å². The molecule has 0 aliphatic heterocycles. The summed E-state index contributed by atoms with van der Waals surface area (Å²) in [6, 6.07) is 0.794. The highest BCUT2D eigenvalue weighted by Crippen LogP contribution is 2.16. The molecule has 7 heteroatoms. The summed E-state index contributed by atoms with van der Waals surface area (Å²) >= 11 is 3.03. The van der Waals surface area contributed by atoms with Gasteiger partial charge in [-0.15, -0.1) is 12.8 Å². The molecule has 0 aromatic heterocycles. The molecule has 0 aliphatic rings. The smallest absolute Gasteiger partial charge is 0.220 e. The van der Waals surface area contributed by atoms with E-state index in [1.807, 2.05) is 34.6 Å². The molecular formula is C19H45N3O3S. The molecule has 0 aromatic rings. The fourth-order valence-corrected chi connectivity index (χ4v) is 1.82. The van der Waals surface area contributed by atoms with Gasteiger partial charge in [-0.25, -0.2) is 0 Å². The number of nitrogens with two attached hydrogens (primary N) is 1. The molecule has 0 unspecified atom stereocenters. The molecule has 0 heterocycles. The normalized spacial score (nSPS) is 10.8. The molecule has 1 amide bonds. The molecule has 0 aliphatic carbocycles. The molecule has 4 N–H and O–H groups in total. The van der Waals surface area contributed by atoms with Gasteiger partial charge in [-0.3, -0.25) is 9.93 Å². The van der Waals surface area contributed by atoms with Crippen molar-refractivity contribution in [1.82, 2.24) is 10.6 Å².